The van der Waals surface area contributed by atoms with E-state index in [0.29, 0.717) is 5.56 Å². The maximum Gasteiger partial charge on any atom is 0.169 e. The Labute approximate surface area is 71.6 Å². The molecule has 0 unspecified atom stereocenters. The van der Waals surface area contributed by atoms with Crippen LogP contribution < -0.4 is 0 Å². The number of rotatable bonds is 3. The van der Waals surface area contributed by atoms with E-state index in [4.69, 9.17) is 9.79 Å². The summed E-state index contributed by atoms with van der Waals surface area (Å²) in [5, 5.41) is 0. The summed E-state index contributed by atoms with van der Waals surface area (Å²) < 4.78 is 0. The molecular weight excluding hydrogens is 175 g/mol. The van der Waals surface area contributed by atoms with Gasteiger partial charge in [-0.15, -0.1) is 0 Å². The van der Waals surface area contributed by atoms with Crippen molar-refractivity contribution in [3.8, 4) is 0 Å². The summed E-state index contributed by atoms with van der Waals surface area (Å²) in [4.78, 5) is 27.6. The zero-order valence-corrected chi connectivity index (χ0v) is 7.24. The molecule has 0 spiro atoms. The molecule has 64 valence electrons. The fraction of sp³-hybridized carbons (Fsp3) is 0.125. The molecule has 0 aromatic heterocycles. The highest BCUT2D eigenvalue weighted by atomic mass is 31.2. The Bertz CT molecular complexity index is 256. The van der Waals surface area contributed by atoms with E-state index < -0.39 is 8.38 Å². The molecule has 0 saturated carbocycles. The van der Waals surface area contributed by atoms with Crippen LogP contribution in [0.4, 0.5) is 0 Å². The van der Waals surface area contributed by atoms with Crippen LogP contribution >= 0.6 is 8.38 Å². The van der Waals surface area contributed by atoms with E-state index in [2.05, 4.69) is 0 Å². The Morgan fingerprint density at radius 1 is 1.25 bits per heavy atom. The SMILES string of the molecule is O=Cc1ccc(CP(O)O)cc1. The van der Waals surface area contributed by atoms with Gasteiger partial charge in [-0.2, -0.15) is 0 Å². The first-order valence-corrected chi connectivity index (χ1v) is 4.85. The number of carbonyl (C=O) groups excluding carboxylic acids is 1. The summed E-state index contributed by atoms with van der Waals surface area (Å²) >= 11 is 0. The lowest BCUT2D eigenvalue weighted by Crippen LogP contribution is -1.84. The van der Waals surface area contributed by atoms with Crippen LogP contribution in [-0.2, 0) is 6.16 Å². The van der Waals surface area contributed by atoms with Crippen molar-refractivity contribution < 1.29 is 14.6 Å². The van der Waals surface area contributed by atoms with Crippen molar-refractivity contribution >= 4 is 14.7 Å². The van der Waals surface area contributed by atoms with Gasteiger partial charge in [0.25, 0.3) is 0 Å². The number of carbonyl (C=O) groups is 1. The van der Waals surface area contributed by atoms with Crippen LogP contribution in [0.2, 0.25) is 0 Å². The van der Waals surface area contributed by atoms with Crippen LogP contribution in [0.25, 0.3) is 0 Å². The number of hydrogen-bond donors (Lipinski definition) is 2. The highest BCUT2D eigenvalue weighted by molar-refractivity contribution is 7.44. The highest BCUT2D eigenvalue weighted by Gasteiger charge is 2.00. The molecule has 0 saturated heterocycles. The van der Waals surface area contributed by atoms with Gasteiger partial charge >= 0.3 is 0 Å². The standard InChI is InChI=1S/C8H9O3P/c9-5-7-1-3-8(4-2-7)6-12(10)11/h1-5,10-11H,6H2. The zero-order valence-electron chi connectivity index (χ0n) is 6.34. The van der Waals surface area contributed by atoms with E-state index >= 15 is 0 Å². The molecule has 0 aliphatic rings. The molecule has 1 rings (SSSR count). The Morgan fingerprint density at radius 2 is 1.83 bits per heavy atom. The second-order valence-corrected chi connectivity index (χ2v) is 3.45. The van der Waals surface area contributed by atoms with E-state index in [-0.39, 0.29) is 6.16 Å². The molecule has 0 atom stereocenters. The summed E-state index contributed by atoms with van der Waals surface area (Å²) in [5.41, 5.74) is 1.43. The minimum Gasteiger partial charge on any atom is -0.350 e. The summed E-state index contributed by atoms with van der Waals surface area (Å²) in [6.45, 7) is 0. The molecular formula is C8H9O3P. The predicted octanol–water partition coefficient (Wildman–Crippen LogP) is 1.30. The van der Waals surface area contributed by atoms with Gasteiger partial charge in [0, 0.05) is 11.7 Å². The molecule has 1 aromatic carbocycles. The van der Waals surface area contributed by atoms with Gasteiger partial charge in [-0.3, -0.25) is 4.79 Å². The maximum absolute atomic E-state index is 10.2. The Kier molecular flexibility index (Phi) is 3.35. The quantitative estimate of drug-likeness (QED) is 0.549. The van der Waals surface area contributed by atoms with E-state index in [0.717, 1.165) is 11.8 Å². The molecule has 12 heavy (non-hydrogen) atoms. The molecule has 1 aromatic rings. The van der Waals surface area contributed by atoms with Gasteiger partial charge in [0.1, 0.15) is 6.29 Å². The van der Waals surface area contributed by atoms with Gasteiger partial charge in [0.15, 0.2) is 8.38 Å². The van der Waals surface area contributed by atoms with Gasteiger partial charge in [0.05, 0.1) is 0 Å². The first-order chi connectivity index (χ1) is 5.72. The van der Waals surface area contributed by atoms with E-state index in [1.807, 2.05) is 0 Å². The molecule has 0 radical (unpaired) electrons. The van der Waals surface area contributed by atoms with Gasteiger partial charge < -0.3 is 9.79 Å². The second kappa shape index (κ2) is 4.31. The first kappa shape index (κ1) is 9.33. The van der Waals surface area contributed by atoms with Gasteiger partial charge in [-0.1, -0.05) is 24.3 Å². The number of benzene rings is 1. The van der Waals surface area contributed by atoms with Gasteiger partial charge in [0.2, 0.25) is 0 Å². The van der Waals surface area contributed by atoms with Crippen molar-refractivity contribution in [2.45, 2.75) is 6.16 Å². The minimum atomic E-state index is -1.88. The number of hydrogen-bond acceptors (Lipinski definition) is 3. The summed E-state index contributed by atoms with van der Waals surface area (Å²) in [6.07, 6.45) is 1.01. The van der Waals surface area contributed by atoms with Crippen LogP contribution in [-0.4, -0.2) is 16.1 Å². The van der Waals surface area contributed by atoms with Crippen molar-refractivity contribution in [3.63, 3.8) is 0 Å². The van der Waals surface area contributed by atoms with Crippen molar-refractivity contribution in [1.29, 1.82) is 0 Å². The normalized spacial score (nSPS) is 10.2. The lowest BCUT2D eigenvalue weighted by Gasteiger charge is -2.01. The Balaban J connectivity index is 2.71. The maximum atomic E-state index is 10.2. The van der Waals surface area contributed by atoms with Crippen LogP contribution in [0.3, 0.4) is 0 Å². The predicted molar refractivity (Wildman–Crippen MR) is 46.9 cm³/mol. The van der Waals surface area contributed by atoms with Crippen molar-refractivity contribution in [1.82, 2.24) is 0 Å². The third-order valence-electron chi connectivity index (χ3n) is 1.44. The third-order valence-corrected chi connectivity index (χ3v) is 2.09. The molecule has 0 aliphatic heterocycles. The van der Waals surface area contributed by atoms with Crippen molar-refractivity contribution in [3.05, 3.63) is 35.4 Å². The number of aldehydes is 1. The lowest BCUT2D eigenvalue weighted by atomic mass is 10.2. The molecule has 0 heterocycles. The fourth-order valence-corrected chi connectivity index (χ4v) is 1.40. The summed E-state index contributed by atoms with van der Waals surface area (Å²) in [5.74, 6) is 0. The van der Waals surface area contributed by atoms with Crippen LogP contribution in [0.5, 0.6) is 0 Å². The third kappa shape index (κ3) is 2.70. The van der Waals surface area contributed by atoms with Gasteiger partial charge in [-0.25, -0.2) is 0 Å². The van der Waals surface area contributed by atoms with Crippen LogP contribution in [0, 0.1) is 0 Å². The molecule has 2 N–H and O–H groups in total. The van der Waals surface area contributed by atoms with Crippen molar-refractivity contribution in [2.24, 2.45) is 0 Å². The van der Waals surface area contributed by atoms with E-state index in [1.165, 1.54) is 0 Å². The first-order valence-electron chi connectivity index (χ1n) is 3.42. The van der Waals surface area contributed by atoms with Crippen LogP contribution in [0.1, 0.15) is 15.9 Å². The molecule has 4 heteroatoms. The Hall–Kier alpha value is -0.760. The fourth-order valence-electron chi connectivity index (χ4n) is 0.865. The smallest absolute Gasteiger partial charge is 0.169 e. The largest absolute Gasteiger partial charge is 0.350 e. The Morgan fingerprint density at radius 3 is 2.25 bits per heavy atom. The minimum absolute atomic E-state index is 0.258. The van der Waals surface area contributed by atoms with Crippen LogP contribution in [0.15, 0.2) is 24.3 Å². The second-order valence-electron chi connectivity index (χ2n) is 2.39. The summed E-state index contributed by atoms with van der Waals surface area (Å²) in [7, 11) is -1.88. The molecule has 0 fully saturated rings. The average Bonchev–Trinajstić information content (AvgIpc) is 2.05. The summed E-state index contributed by atoms with van der Waals surface area (Å²) in [6, 6.07) is 6.74. The van der Waals surface area contributed by atoms with E-state index in [1.54, 1.807) is 24.3 Å². The lowest BCUT2D eigenvalue weighted by molar-refractivity contribution is 0.112. The highest BCUT2D eigenvalue weighted by Crippen LogP contribution is 2.28. The topological polar surface area (TPSA) is 57.5 Å². The average molecular weight is 184 g/mol. The van der Waals surface area contributed by atoms with E-state index in [9.17, 15) is 4.79 Å². The molecule has 0 bridgehead atoms. The molecule has 3 nitrogen and oxygen atoms in total. The molecule has 0 amide bonds. The molecule has 0 aliphatic carbocycles. The van der Waals surface area contributed by atoms with Crippen molar-refractivity contribution in [2.75, 3.05) is 0 Å². The van der Waals surface area contributed by atoms with Gasteiger partial charge in [-0.05, 0) is 5.56 Å². The zero-order chi connectivity index (χ0) is 8.97. The monoisotopic (exact) mass is 184 g/mol.